The first-order valence-corrected chi connectivity index (χ1v) is 9.06. The summed E-state index contributed by atoms with van der Waals surface area (Å²) in [6.45, 7) is 4.66. The average Bonchev–Trinajstić information content (AvgIpc) is 2.57. The van der Waals surface area contributed by atoms with E-state index in [2.05, 4.69) is 14.9 Å². The van der Waals surface area contributed by atoms with Gasteiger partial charge in [-0.15, -0.1) is 0 Å². The maximum absolute atomic E-state index is 6.18. The second-order valence-corrected chi connectivity index (χ2v) is 7.42. The number of hydrogen-bond acceptors (Lipinski definition) is 5. The van der Waals surface area contributed by atoms with E-state index in [1.165, 1.54) is 25.7 Å². The lowest BCUT2D eigenvalue weighted by molar-refractivity contribution is -0.129. The van der Waals surface area contributed by atoms with Crippen LogP contribution in [0.25, 0.3) is 0 Å². The minimum absolute atomic E-state index is 0.130. The molecular formula is C18H27N3O2. The highest BCUT2D eigenvalue weighted by Gasteiger charge is 2.46. The molecular weight excluding hydrogens is 290 g/mol. The molecule has 3 heterocycles. The summed E-state index contributed by atoms with van der Waals surface area (Å²) in [5.41, 5.74) is 0.130. The lowest BCUT2D eigenvalue weighted by Crippen LogP contribution is -2.57. The second kappa shape index (κ2) is 6.73. The van der Waals surface area contributed by atoms with Crippen molar-refractivity contribution >= 4 is 5.82 Å². The molecule has 2 atom stereocenters. The molecule has 0 radical (unpaired) electrons. The summed E-state index contributed by atoms with van der Waals surface area (Å²) in [7, 11) is 0. The van der Waals surface area contributed by atoms with Gasteiger partial charge in [0.2, 0.25) is 0 Å². The van der Waals surface area contributed by atoms with E-state index in [0.717, 1.165) is 57.5 Å². The van der Waals surface area contributed by atoms with E-state index < -0.39 is 0 Å². The molecule has 0 aromatic carbocycles. The van der Waals surface area contributed by atoms with Crippen molar-refractivity contribution in [1.29, 1.82) is 0 Å². The summed E-state index contributed by atoms with van der Waals surface area (Å²) in [5.74, 6) is 1.83. The first kappa shape index (κ1) is 15.3. The highest BCUT2D eigenvalue weighted by Crippen LogP contribution is 2.41. The van der Waals surface area contributed by atoms with Gasteiger partial charge < -0.3 is 14.4 Å². The Hall–Kier alpha value is -1.20. The van der Waals surface area contributed by atoms with Crippen LogP contribution in [0.5, 0.6) is 0 Å². The van der Waals surface area contributed by atoms with Crippen molar-refractivity contribution in [3.63, 3.8) is 0 Å². The highest BCUT2D eigenvalue weighted by molar-refractivity contribution is 5.38. The van der Waals surface area contributed by atoms with Crippen molar-refractivity contribution in [2.75, 3.05) is 37.8 Å². The molecule has 0 spiro atoms. The summed E-state index contributed by atoms with van der Waals surface area (Å²) in [4.78, 5) is 10.9. The van der Waals surface area contributed by atoms with Crippen LogP contribution in [0.4, 0.5) is 5.82 Å². The number of anilines is 1. The molecule has 5 nitrogen and oxygen atoms in total. The van der Waals surface area contributed by atoms with Crippen molar-refractivity contribution in [3.05, 3.63) is 18.6 Å². The normalized spacial score (nSPS) is 31.5. The predicted octanol–water partition coefficient (Wildman–Crippen LogP) is 2.67. The molecule has 2 saturated heterocycles. The fourth-order valence-corrected chi connectivity index (χ4v) is 4.26. The lowest BCUT2D eigenvalue weighted by atomic mass is 9.73. The smallest absolute Gasteiger partial charge is 0.131 e. The number of fused-ring (bicyclic) bond motifs is 1. The van der Waals surface area contributed by atoms with Gasteiger partial charge in [-0.2, -0.15) is 0 Å². The van der Waals surface area contributed by atoms with E-state index in [1.54, 1.807) is 6.33 Å². The van der Waals surface area contributed by atoms with Crippen molar-refractivity contribution < 1.29 is 9.47 Å². The topological polar surface area (TPSA) is 47.5 Å². The summed E-state index contributed by atoms with van der Waals surface area (Å²) < 4.78 is 12.3. The van der Waals surface area contributed by atoms with Gasteiger partial charge >= 0.3 is 0 Å². The zero-order chi connectivity index (χ0) is 15.5. The molecule has 1 saturated carbocycles. The fraction of sp³-hybridized carbons (Fsp3) is 0.778. The lowest BCUT2D eigenvalue weighted by Gasteiger charge is -2.50. The number of aromatic nitrogens is 2. The Morgan fingerprint density at radius 2 is 2.26 bits per heavy atom. The summed E-state index contributed by atoms with van der Waals surface area (Å²) in [6.07, 6.45) is 11.3. The van der Waals surface area contributed by atoms with Crippen LogP contribution in [-0.2, 0) is 9.47 Å². The molecule has 3 aliphatic rings. The molecule has 0 bridgehead atoms. The number of hydrogen-bond donors (Lipinski definition) is 0. The van der Waals surface area contributed by atoms with Gasteiger partial charge in [0.15, 0.2) is 0 Å². The Labute approximate surface area is 138 Å². The second-order valence-electron chi connectivity index (χ2n) is 7.42. The Kier molecular flexibility index (Phi) is 4.49. The third kappa shape index (κ3) is 3.22. The van der Waals surface area contributed by atoms with Crippen LogP contribution in [0.1, 0.15) is 38.5 Å². The maximum atomic E-state index is 6.18. The van der Waals surface area contributed by atoms with Gasteiger partial charge in [-0.3, -0.25) is 0 Å². The van der Waals surface area contributed by atoms with Crippen molar-refractivity contribution in [3.8, 4) is 0 Å². The average molecular weight is 317 g/mol. The standard InChI is InChI=1S/C18H27N3O2/c1-3-15(4-1)11-22-13-18-7-2-10-23-16(18)6-9-21(12-18)17-5-8-19-14-20-17/h5,8,14-16H,1-4,6-7,9-13H2/t16-,18+/m0/s1. The van der Waals surface area contributed by atoms with Gasteiger partial charge in [-0.05, 0) is 44.1 Å². The first-order chi connectivity index (χ1) is 11.4. The van der Waals surface area contributed by atoms with Crippen LogP contribution in [0.2, 0.25) is 0 Å². The zero-order valence-electron chi connectivity index (χ0n) is 13.8. The fourth-order valence-electron chi connectivity index (χ4n) is 4.26. The molecule has 2 aliphatic heterocycles. The molecule has 1 aliphatic carbocycles. The molecule has 0 unspecified atom stereocenters. The van der Waals surface area contributed by atoms with Crippen LogP contribution in [0.3, 0.4) is 0 Å². The SMILES string of the molecule is c1cc(N2CC[C@@H]3OCCC[C@]3(COCC3CCC3)C2)ncn1. The van der Waals surface area contributed by atoms with Gasteiger partial charge in [-0.1, -0.05) is 6.42 Å². The minimum atomic E-state index is 0.130. The number of rotatable bonds is 5. The third-order valence-corrected chi connectivity index (χ3v) is 5.85. The Morgan fingerprint density at radius 1 is 1.30 bits per heavy atom. The predicted molar refractivity (Wildman–Crippen MR) is 88.4 cm³/mol. The molecule has 1 aromatic rings. The third-order valence-electron chi connectivity index (χ3n) is 5.85. The molecule has 4 rings (SSSR count). The first-order valence-electron chi connectivity index (χ1n) is 9.06. The van der Waals surface area contributed by atoms with Gasteiger partial charge in [0.05, 0.1) is 12.7 Å². The molecule has 126 valence electrons. The van der Waals surface area contributed by atoms with Crippen LogP contribution in [0, 0.1) is 11.3 Å². The monoisotopic (exact) mass is 317 g/mol. The Morgan fingerprint density at radius 3 is 3.04 bits per heavy atom. The number of ether oxygens (including phenoxy) is 2. The van der Waals surface area contributed by atoms with E-state index in [9.17, 15) is 0 Å². The number of nitrogens with zero attached hydrogens (tertiary/aromatic N) is 3. The van der Waals surface area contributed by atoms with Gasteiger partial charge in [0, 0.05) is 37.9 Å². The summed E-state index contributed by atoms with van der Waals surface area (Å²) >= 11 is 0. The summed E-state index contributed by atoms with van der Waals surface area (Å²) in [5, 5.41) is 0. The van der Waals surface area contributed by atoms with Crippen molar-refractivity contribution in [1.82, 2.24) is 9.97 Å². The van der Waals surface area contributed by atoms with Gasteiger partial charge in [-0.25, -0.2) is 9.97 Å². The highest BCUT2D eigenvalue weighted by atomic mass is 16.5. The van der Waals surface area contributed by atoms with Gasteiger partial charge in [0.1, 0.15) is 12.1 Å². The van der Waals surface area contributed by atoms with E-state index >= 15 is 0 Å². The van der Waals surface area contributed by atoms with E-state index in [0.29, 0.717) is 6.10 Å². The summed E-state index contributed by atoms with van der Waals surface area (Å²) in [6, 6.07) is 2.01. The van der Waals surface area contributed by atoms with Crippen LogP contribution < -0.4 is 4.90 Å². The molecule has 1 aromatic heterocycles. The Bertz CT molecular complexity index is 508. The molecule has 3 fully saturated rings. The van der Waals surface area contributed by atoms with Crippen LogP contribution in [-0.4, -0.2) is 49.0 Å². The zero-order valence-corrected chi connectivity index (χ0v) is 13.8. The molecule has 0 N–H and O–H groups in total. The Balaban J connectivity index is 1.44. The van der Waals surface area contributed by atoms with Crippen LogP contribution in [0.15, 0.2) is 18.6 Å². The molecule has 23 heavy (non-hydrogen) atoms. The maximum Gasteiger partial charge on any atom is 0.131 e. The number of piperidine rings is 1. The van der Waals surface area contributed by atoms with Crippen molar-refractivity contribution in [2.45, 2.75) is 44.6 Å². The van der Waals surface area contributed by atoms with Gasteiger partial charge in [0.25, 0.3) is 0 Å². The largest absolute Gasteiger partial charge is 0.380 e. The van der Waals surface area contributed by atoms with Crippen LogP contribution >= 0.6 is 0 Å². The van der Waals surface area contributed by atoms with E-state index in [4.69, 9.17) is 9.47 Å². The quantitative estimate of drug-likeness (QED) is 0.835. The molecule has 0 amide bonds. The van der Waals surface area contributed by atoms with E-state index in [-0.39, 0.29) is 5.41 Å². The molecule has 5 heteroatoms. The minimum Gasteiger partial charge on any atom is -0.380 e. The van der Waals surface area contributed by atoms with E-state index in [1.807, 2.05) is 12.3 Å². The van der Waals surface area contributed by atoms with Crippen molar-refractivity contribution in [2.24, 2.45) is 11.3 Å².